The molecule has 0 aliphatic carbocycles. The van der Waals surface area contributed by atoms with Gasteiger partial charge in [-0.1, -0.05) is 130 Å². The topological polar surface area (TPSA) is 26.0 Å². The molecule has 0 saturated heterocycles. The summed E-state index contributed by atoms with van der Waals surface area (Å²) in [5.74, 6) is 1.66. The van der Waals surface area contributed by atoms with Crippen LogP contribution in [0.25, 0.3) is 0 Å². The van der Waals surface area contributed by atoms with Crippen molar-refractivity contribution in [1.29, 1.82) is 0 Å². The van der Waals surface area contributed by atoms with Gasteiger partial charge in [0.2, 0.25) is 0 Å². The molecule has 0 fully saturated rings. The normalized spacial score (nSPS) is 14.0. The van der Waals surface area contributed by atoms with Gasteiger partial charge in [0.25, 0.3) is 0 Å². The van der Waals surface area contributed by atoms with Crippen molar-refractivity contribution in [1.82, 2.24) is 0 Å². The highest BCUT2D eigenvalue weighted by Gasteiger charge is 2.17. The van der Waals surface area contributed by atoms with Crippen molar-refractivity contribution in [3.8, 4) is 0 Å². The molecule has 2 unspecified atom stereocenters. The summed E-state index contributed by atoms with van der Waals surface area (Å²) < 4.78 is 0. The third-order valence-electron chi connectivity index (χ3n) is 5.85. The maximum Gasteiger partial charge on any atom is -0.00463 e. The molecular weight excluding hydrogens is 290 g/mol. The molecule has 0 bridgehead atoms. The van der Waals surface area contributed by atoms with Crippen LogP contribution < -0.4 is 5.73 Å². The van der Waals surface area contributed by atoms with Gasteiger partial charge in [-0.15, -0.1) is 0 Å². The van der Waals surface area contributed by atoms with E-state index in [0.717, 1.165) is 18.4 Å². The number of rotatable bonds is 19. The number of hydrogen-bond acceptors (Lipinski definition) is 1. The molecule has 2 N–H and O–H groups in total. The highest BCUT2D eigenvalue weighted by atomic mass is 14.6. The summed E-state index contributed by atoms with van der Waals surface area (Å²) in [5, 5.41) is 0. The molecule has 24 heavy (non-hydrogen) atoms. The van der Waals surface area contributed by atoms with E-state index in [9.17, 15) is 0 Å². The van der Waals surface area contributed by atoms with Crippen LogP contribution in [0, 0.1) is 11.8 Å². The lowest BCUT2D eigenvalue weighted by Crippen LogP contribution is -2.23. The Morgan fingerprint density at radius 3 is 1.21 bits per heavy atom. The molecular formula is C23H49N. The van der Waals surface area contributed by atoms with Crippen LogP contribution in [0.4, 0.5) is 0 Å². The van der Waals surface area contributed by atoms with Gasteiger partial charge in [0.1, 0.15) is 0 Å². The standard InChI is InChI=1S/C23H49N/c1-4-7-9-11-13-14-16-18-20-23(22(6-3)21-24)19-17-15-12-10-8-5-2/h22-23H,4-21,24H2,1-3H3. The molecule has 0 aromatic heterocycles. The maximum atomic E-state index is 6.05. The Morgan fingerprint density at radius 1 is 0.500 bits per heavy atom. The van der Waals surface area contributed by atoms with Crippen LogP contribution in [0.3, 0.4) is 0 Å². The van der Waals surface area contributed by atoms with Gasteiger partial charge in [-0.25, -0.2) is 0 Å². The monoisotopic (exact) mass is 339 g/mol. The minimum absolute atomic E-state index is 0.769. The Bertz CT molecular complexity index is 222. The van der Waals surface area contributed by atoms with Crippen LogP contribution in [-0.2, 0) is 0 Å². The molecule has 0 aromatic carbocycles. The van der Waals surface area contributed by atoms with E-state index in [1.54, 1.807) is 0 Å². The SMILES string of the molecule is CCCCCCCCCCC(CCCCCCCC)C(CC)CN. The molecule has 1 nitrogen and oxygen atoms in total. The maximum absolute atomic E-state index is 6.05. The Morgan fingerprint density at radius 2 is 0.875 bits per heavy atom. The van der Waals surface area contributed by atoms with Gasteiger partial charge in [-0.3, -0.25) is 0 Å². The number of hydrogen-bond donors (Lipinski definition) is 1. The fraction of sp³-hybridized carbons (Fsp3) is 1.00. The molecule has 0 saturated carbocycles. The zero-order valence-corrected chi connectivity index (χ0v) is 17.5. The van der Waals surface area contributed by atoms with Crippen LogP contribution >= 0.6 is 0 Å². The number of unbranched alkanes of at least 4 members (excludes halogenated alkanes) is 12. The summed E-state index contributed by atoms with van der Waals surface area (Å²) in [5.41, 5.74) is 6.05. The Labute approximate surface area is 154 Å². The van der Waals surface area contributed by atoms with Crippen LogP contribution in [0.5, 0.6) is 0 Å². The third kappa shape index (κ3) is 14.3. The second-order valence-corrected chi connectivity index (χ2v) is 7.98. The molecule has 0 heterocycles. The van der Waals surface area contributed by atoms with Crippen LogP contribution in [0.15, 0.2) is 0 Å². The summed E-state index contributed by atoms with van der Waals surface area (Å²) in [4.78, 5) is 0. The summed E-state index contributed by atoms with van der Waals surface area (Å²) >= 11 is 0. The van der Waals surface area contributed by atoms with E-state index in [1.165, 1.54) is 109 Å². The van der Waals surface area contributed by atoms with E-state index in [0.29, 0.717) is 0 Å². The van der Waals surface area contributed by atoms with Gasteiger partial charge in [0.15, 0.2) is 0 Å². The summed E-state index contributed by atoms with van der Waals surface area (Å²) in [7, 11) is 0. The lowest BCUT2D eigenvalue weighted by Gasteiger charge is -2.25. The highest BCUT2D eigenvalue weighted by Crippen LogP contribution is 2.27. The predicted molar refractivity (Wildman–Crippen MR) is 112 cm³/mol. The first kappa shape index (κ1) is 24.0. The first-order valence-electron chi connectivity index (χ1n) is 11.5. The fourth-order valence-electron chi connectivity index (χ4n) is 4.04. The first-order valence-corrected chi connectivity index (χ1v) is 11.5. The van der Waals surface area contributed by atoms with Crippen molar-refractivity contribution < 1.29 is 0 Å². The van der Waals surface area contributed by atoms with Crippen LogP contribution in [0.2, 0.25) is 0 Å². The van der Waals surface area contributed by atoms with E-state index < -0.39 is 0 Å². The molecule has 0 aliphatic heterocycles. The second kappa shape index (κ2) is 19.3. The van der Waals surface area contributed by atoms with E-state index in [4.69, 9.17) is 5.73 Å². The van der Waals surface area contributed by atoms with Crippen molar-refractivity contribution in [2.75, 3.05) is 6.54 Å². The van der Waals surface area contributed by atoms with E-state index in [-0.39, 0.29) is 0 Å². The van der Waals surface area contributed by atoms with Crippen LogP contribution in [0.1, 0.15) is 130 Å². The van der Waals surface area contributed by atoms with Crippen molar-refractivity contribution in [3.05, 3.63) is 0 Å². The van der Waals surface area contributed by atoms with Crippen molar-refractivity contribution in [3.63, 3.8) is 0 Å². The first-order chi connectivity index (χ1) is 11.8. The number of nitrogens with two attached hydrogens (primary N) is 1. The Balaban J connectivity index is 3.80. The van der Waals surface area contributed by atoms with E-state index >= 15 is 0 Å². The third-order valence-corrected chi connectivity index (χ3v) is 5.85. The molecule has 0 rings (SSSR count). The van der Waals surface area contributed by atoms with E-state index in [2.05, 4.69) is 20.8 Å². The van der Waals surface area contributed by atoms with Crippen molar-refractivity contribution in [2.45, 2.75) is 130 Å². The Kier molecular flexibility index (Phi) is 19.3. The zero-order valence-electron chi connectivity index (χ0n) is 17.5. The molecule has 2 atom stereocenters. The minimum atomic E-state index is 0.769. The predicted octanol–water partition coefficient (Wildman–Crippen LogP) is 7.87. The van der Waals surface area contributed by atoms with Gasteiger partial charge in [0, 0.05) is 0 Å². The summed E-state index contributed by atoms with van der Waals surface area (Å²) in [6, 6.07) is 0. The molecule has 0 aromatic rings. The zero-order chi connectivity index (χ0) is 17.9. The summed E-state index contributed by atoms with van der Waals surface area (Å²) in [6.45, 7) is 7.83. The van der Waals surface area contributed by atoms with Gasteiger partial charge in [0.05, 0.1) is 0 Å². The molecule has 146 valence electrons. The lowest BCUT2D eigenvalue weighted by atomic mass is 9.82. The minimum Gasteiger partial charge on any atom is -0.330 e. The highest BCUT2D eigenvalue weighted by molar-refractivity contribution is 4.70. The average molecular weight is 340 g/mol. The van der Waals surface area contributed by atoms with Crippen molar-refractivity contribution in [2.24, 2.45) is 17.6 Å². The molecule has 0 spiro atoms. The summed E-state index contributed by atoms with van der Waals surface area (Å²) in [6.07, 6.45) is 24.1. The molecule has 1 heteroatoms. The lowest BCUT2D eigenvalue weighted by molar-refractivity contribution is 0.275. The van der Waals surface area contributed by atoms with Crippen LogP contribution in [-0.4, -0.2) is 6.54 Å². The quantitative estimate of drug-likeness (QED) is 0.238. The molecule has 0 aliphatic rings. The largest absolute Gasteiger partial charge is 0.330 e. The molecule has 0 amide bonds. The van der Waals surface area contributed by atoms with Gasteiger partial charge in [-0.2, -0.15) is 0 Å². The van der Waals surface area contributed by atoms with Gasteiger partial charge < -0.3 is 5.73 Å². The van der Waals surface area contributed by atoms with Crippen molar-refractivity contribution >= 4 is 0 Å². The Hall–Kier alpha value is -0.0400. The van der Waals surface area contributed by atoms with Gasteiger partial charge >= 0.3 is 0 Å². The fourth-order valence-corrected chi connectivity index (χ4v) is 4.04. The van der Waals surface area contributed by atoms with Gasteiger partial charge in [-0.05, 0) is 18.4 Å². The van der Waals surface area contributed by atoms with E-state index in [1.807, 2.05) is 0 Å². The smallest absolute Gasteiger partial charge is 0.00463 e. The second-order valence-electron chi connectivity index (χ2n) is 7.98. The molecule has 0 radical (unpaired) electrons. The average Bonchev–Trinajstić information content (AvgIpc) is 2.60.